The van der Waals surface area contributed by atoms with Crippen molar-refractivity contribution in [1.29, 1.82) is 0 Å². The third kappa shape index (κ3) is 2.19. The molecule has 130 valence electrons. The molecule has 2 aromatic heterocycles. The van der Waals surface area contributed by atoms with Gasteiger partial charge in [0.1, 0.15) is 22.3 Å². The van der Waals surface area contributed by atoms with Crippen molar-refractivity contribution >= 4 is 93.8 Å². The van der Waals surface area contributed by atoms with Gasteiger partial charge >= 0.3 is 0 Å². The lowest BCUT2D eigenvalue weighted by Crippen LogP contribution is -1.77. The van der Waals surface area contributed by atoms with Crippen LogP contribution in [0.2, 0.25) is 10.0 Å². The van der Waals surface area contributed by atoms with E-state index in [9.17, 15) is 0 Å². The monoisotopic (exact) mass is 454 g/mol. The van der Waals surface area contributed by atoms with Crippen LogP contribution in [0.1, 0.15) is 0 Å². The third-order valence-corrected chi connectivity index (χ3v) is 6.29. The molecule has 0 amide bonds. The summed E-state index contributed by atoms with van der Waals surface area (Å²) in [4.78, 5) is 0. The maximum Gasteiger partial charge on any atom is 0.150 e. The van der Waals surface area contributed by atoms with Gasteiger partial charge in [-0.1, -0.05) is 23.2 Å². The van der Waals surface area contributed by atoms with Gasteiger partial charge in [0.25, 0.3) is 0 Å². The highest BCUT2D eigenvalue weighted by Crippen LogP contribution is 2.42. The van der Waals surface area contributed by atoms with Crippen LogP contribution >= 0.6 is 39.1 Å². The highest BCUT2D eigenvalue weighted by molar-refractivity contribution is 9.10. The molecule has 0 spiro atoms. The molecular formula is C22H9BrCl2O2. The first kappa shape index (κ1) is 15.8. The fourth-order valence-corrected chi connectivity index (χ4v) is 4.76. The molecule has 0 aliphatic rings. The van der Waals surface area contributed by atoms with Gasteiger partial charge in [-0.25, -0.2) is 0 Å². The van der Waals surface area contributed by atoms with Crippen molar-refractivity contribution in [2.45, 2.75) is 0 Å². The Morgan fingerprint density at radius 1 is 0.593 bits per heavy atom. The standard InChI is InChI=1S/C22H9BrCl2O2/c23-21-15-9-20-16(13-3-1-11(24)7-18(13)26-20)5-10(15)6-17-14-4-2-12(25)8-19(14)27-22(17)21/h1-9H. The highest BCUT2D eigenvalue weighted by Gasteiger charge is 2.16. The van der Waals surface area contributed by atoms with E-state index in [4.69, 9.17) is 32.0 Å². The van der Waals surface area contributed by atoms with Crippen LogP contribution in [-0.4, -0.2) is 0 Å². The molecule has 0 aliphatic carbocycles. The summed E-state index contributed by atoms with van der Waals surface area (Å²) in [6, 6.07) is 17.8. The average molecular weight is 456 g/mol. The Morgan fingerprint density at radius 3 is 1.93 bits per heavy atom. The van der Waals surface area contributed by atoms with Crippen LogP contribution in [0.25, 0.3) is 54.6 Å². The summed E-state index contributed by atoms with van der Waals surface area (Å²) in [5.74, 6) is 0. The van der Waals surface area contributed by atoms with Crippen LogP contribution < -0.4 is 0 Å². The Morgan fingerprint density at radius 2 is 1.19 bits per heavy atom. The van der Waals surface area contributed by atoms with Gasteiger partial charge in [0.15, 0.2) is 0 Å². The van der Waals surface area contributed by atoms with Crippen LogP contribution in [0.4, 0.5) is 0 Å². The zero-order valence-electron chi connectivity index (χ0n) is 13.6. The maximum absolute atomic E-state index is 6.12. The number of halogens is 3. The molecule has 4 aromatic carbocycles. The largest absolute Gasteiger partial charge is 0.456 e. The number of benzene rings is 4. The van der Waals surface area contributed by atoms with Crippen molar-refractivity contribution in [3.05, 3.63) is 69.1 Å². The van der Waals surface area contributed by atoms with Crippen LogP contribution in [0.5, 0.6) is 0 Å². The topological polar surface area (TPSA) is 26.3 Å². The molecule has 0 unspecified atom stereocenters. The first-order chi connectivity index (χ1) is 13.1. The van der Waals surface area contributed by atoms with E-state index >= 15 is 0 Å². The molecule has 27 heavy (non-hydrogen) atoms. The quantitative estimate of drug-likeness (QED) is 0.229. The third-order valence-electron chi connectivity index (χ3n) is 5.03. The minimum absolute atomic E-state index is 0.657. The molecule has 0 radical (unpaired) electrons. The molecular weight excluding hydrogens is 447 g/mol. The highest BCUT2D eigenvalue weighted by atomic mass is 79.9. The molecule has 0 saturated heterocycles. The van der Waals surface area contributed by atoms with Gasteiger partial charge in [-0.3, -0.25) is 0 Å². The fourth-order valence-electron chi connectivity index (χ4n) is 3.80. The SMILES string of the molecule is Clc1ccc2c(c1)oc1cc3c(Br)c4oc5cc(Cl)ccc5c4cc3cc12. The summed E-state index contributed by atoms with van der Waals surface area (Å²) in [6.45, 7) is 0. The lowest BCUT2D eigenvalue weighted by molar-refractivity contribution is 0.667. The van der Waals surface area contributed by atoms with Crippen molar-refractivity contribution in [3.63, 3.8) is 0 Å². The fraction of sp³-hybridized carbons (Fsp3) is 0. The van der Waals surface area contributed by atoms with Crippen LogP contribution in [-0.2, 0) is 0 Å². The van der Waals surface area contributed by atoms with Gasteiger partial charge in [0.05, 0.1) is 4.47 Å². The molecule has 6 rings (SSSR count). The van der Waals surface area contributed by atoms with Crippen molar-refractivity contribution < 1.29 is 8.83 Å². The van der Waals surface area contributed by atoms with Gasteiger partial charge < -0.3 is 8.83 Å². The Kier molecular flexibility index (Phi) is 3.17. The summed E-state index contributed by atoms with van der Waals surface area (Å²) in [7, 11) is 0. The molecule has 0 bridgehead atoms. The Balaban J connectivity index is 1.79. The molecule has 0 N–H and O–H groups in total. The summed E-state index contributed by atoms with van der Waals surface area (Å²) in [5.41, 5.74) is 3.18. The smallest absolute Gasteiger partial charge is 0.150 e. The number of hydrogen-bond donors (Lipinski definition) is 0. The Labute approximate surface area is 171 Å². The van der Waals surface area contributed by atoms with E-state index in [0.29, 0.717) is 10.0 Å². The van der Waals surface area contributed by atoms with Gasteiger partial charge in [-0.15, -0.1) is 0 Å². The van der Waals surface area contributed by atoms with E-state index < -0.39 is 0 Å². The number of furan rings is 2. The lowest BCUT2D eigenvalue weighted by Gasteiger charge is -2.02. The Hall–Kier alpha value is -2.20. The number of hydrogen-bond acceptors (Lipinski definition) is 2. The zero-order valence-corrected chi connectivity index (χ0v) is 16.7. The van der Waals surface area contributed by atoms with E-state index in [0.717, 1.165) is 59.1 Å². The number of fused-ring (bicyclic) bond motifs is 7. The molecule has 0 atom stereocenters. The van der Waals surface area contributed by atoms with Crippen molar-refractivity contribution in [1.82, 2.24) is 0 Å². The van der Waals surface area contributed by atoms with Gasteiger partial charge in [0, 0.05) is 49.1 Å². The van der Waals surface area contributed by atoms with Crippen molar-refractivity contribution in [2.75, 3.05) is 0 Å². The summed E-state index contributed by atoms with van der Waals surface area (Å²) >= 11 is 16.0. The van der Waals surface area contributed by atoms with Crippen LogP contribution in [0.3, 0.4) is 0 Å². The normalized spacial score (nSPS) is 12.3. The van der Waals surface area contributed by atoms with E-state index in [1.165, 1.54) is 0 Å². The first-order valence-corrected chi connectivity index (χ1v) is 9.89. The minimum Gasteiger partial charge on any atom is -0.456 e. The summed E-state index contributed by atoms with van der Waals surface area (Å²) in [5, 5.41) is 7.67. The van der Waals surface area contributed by atoms with Crippen LogP contribution in [0, 0.1) is 0 Å². The molecule has 6 aromatic rings. The minimum atomic E-state index is 0.657. The lowest BCUT2D eigenvalue weighted by atomic mass is 10.0. The van der Waals surface area contributed by atoms with E-state index in [1.54, 1.807) is 0 Å². The molecule has 0 fully saturated rings. The van der Waals surface area contributed by atoms with E-state index in [2.05, 4.69) is 28.1 Å². The van der Waals surface area contributed by atoms with E-state index in [-0.39, 0.29) is 0 Å². The molecule has 2 nitrogen and oxygen atoms in total. The van der Waals surface area contributed by atoms with Crippen LogP contribution in [0.15, 0.2) is 67.9 Å². The van der Waals surface area contributed by atoms with Gasteiger partial charge in [-0.05, 0) is 63.8 Å². The summed E-state index contributed by atoms with van der Waals surface area (Å²) in [6.07, 6.45) is 0. The molecule has 0 aliphatic heterocycles. The predicted octanol–water partition coefficient (Wildman–Crippen LogP) is 8.71. The van der Waals surface area contributed by atoms with Gasteiger partial charge in [-0.2, -0.15) is 0 Å². The predicted molar refractivity (Wildman–Crippen MR) is 116 cm³/mol. The van der Waals surface area contributed by atoms with Crippen molar-refractivity contribution in [2.24, 2.45) is 0 Å². The van der Waals surface area contributed by atoms with E-state index in [1.807, 2.05) is 42.5 Å². The number of rotatable bonds is 0. The second-order valence-corrected chi connectivity index (χ2v) is 8.29. The first-order valence-electron chi connectivity index (χ1n) is 8.34. The second kappa shape index (κ2) is 5.41. The molecule has 0 saturated carbocycles. The summed E-state index contributed by atoms with van der Waals surface area (Å²) < 4.78 is 13.0. The maximum atomic E-state index is 6.12. The van der Waals surface area contributed by atoms with Gasteiger partial charge in [0.2, 0.25) is 0 Å². The van der Waals surface area contributed by atoms with Crippen molar-refractivity contribution in [3.8, 4) is 0 Å². The average Bonchev–Trinajstić information content (AvgIpc) is 3.17. The zero-order chi connectivity index (χ0) is 18.3. The molecule has 2 heterocycles. The Bertz CT molecular complexity index is 1550. The second-order valence-electron chi connectivity index (χ2n) is 6.62. The molecule has 5 heteroatoms.